The first kappa shape index (κ1) is 37.9. The number of anilines is 1. The van der Waals surface area contributed by atoms with Crippen LogP contribution < -0.4 is 10.6 Å². The quantitative estimate of drug-likeness (QED) is 0.250. The van der Waals surface area contributed by atoms with Gasteiger partial charge in [-0.3, -0.25) is 9.59 Å². The van der Waals surface area contributed by atoms with Gasteiger partial charge in [-0.05, 0) is 72.6 Å². The molecule has 0 spiro atoms. The predicted molar refractivity (Wildman–Crippen MR) is 169 cm³/mol. The fourth-order valence-corrected chi connectivity index (χ4v) is 5.48. The zero-order valence-electron chi connectivity index (χ0n) is 26.1. The SMILES string of the molecule is CC(C)c1ccc(CNC=O)cc1.CN1CCN(S(=O)(=O)c2ccc(C(F)(F)F)cc2)CC1.COC(=O)c1ccc(NC=O)cc1. The smallest absolute Gasteiger partial charge is 0.416 e. The topological polar surface area (TPSA) is 125 Å². The number of alkyl halides is 3. The van der Waals surface area contributed by atoms with Crippen LogP contribution in [0.2, 0.25) is 0 Å². The van der Waals surface area contributed by atoms with Crippen molar-refractivity contribution in [1.29, 1.82) is 0 Å². The molecule has 0 aromatic heterocycles. The van der Waals surface area contributed by atoms with Crippen LogP contribution in [0.3, 0.4) is 0 Å². The Morgan fingerprint density at radius 1 is 0.891 bits per heavy atom. The summed E-state index contributed by atoms with van der Waals surface area (Å²) in [7, 11) is -0.498. The molecular formula is C32H39F3N4O6S. The second-order valence-electron chi connectivity index (χ2n) is 10.5. The molecule has 0 atom stereocenters. The van der Waals surface area contributed by atoms with E-state index in [9.17, 15) is 36.0 Å². The molecule has 10 nitrogen and oxygen atoms in total. The summed E-state index contributed by atoms with van der Waals surface area (Å²) in [6.45, 7) is 6.86. The number of carbonyl (C=O) groups is 3. The van der Waals surface area contributed by atoms with Crippen LogP contribution in [0, 0.1) is 0 Å². The van der Waals surface area contributed by atoms with E-state index in [-0.39, 0.29) is 4.90 Å². The Balaban J connectivity index is 0.000000250. The van der Waals surface area contributed by atoms with Crippen molar-refractivity contribution in [2.75, 3.05) is 45.7 Å². The van der Waals surface area contributed by atoms with Crippen LogP contribution in [-0.4, -0.2) is 76.7 Å². The summed E-state index contributed by atoms with van der Waals surface area (Å²) in [5, 5.41) is 5.09. The highest BCUT2D eigenvalue weighted by Crippen LogP contribution is 2.30. The van der Waals surface area contributed by atoms with Gasteiger partial charge in [-0.25, -0.2) is 13.2 Å². The zero-order valence-corrected chi connectivity index (χ0v) is 26.9. The highest BCUT2D eigenvalue weighted by molar-refractivity contribution is 7.89. The molecule has 3 aromatic rings. The van der Waals surface area contributed by atoms with Gasteiger partial charge in [0, 0.05) is 38.4 Å². The van der Waals surface area contributed by atoms with E-state index in [1.54, 1.807) is 24.3 Å². The molecule has 0 aliphatic carbocycles. The van der Waals surface area contributed by atoms with Gasteiger partial charge in [-0.15, -0.1) is 0 Å². The number of hydrogen-bond acceptors (Lipinski definition) is 7. The minimum absolute atomic E-state index is 0.102. The summed E-state index contributed by atoms with van der Waals surface area (Å²) < 4.78 is 67.7. The maximum atomic E-state index is 12.4. The number of methoxy groups -OCH3 is 1. The number of ether oxygens (including phenoxy) is 1. The van der Waals surface area contributed by atoms with Crippen LogP contribution in [0.4, 0.5) is 18.9 Å². The van der Waals surface area contributed by atoms with E-state index in [2.05, 4.69) is 41.4 Å². The number of hydrogen-bond donors (Lipinski definition) is 2. The first-order chi connectivity index (χ1) is 21.7. The lowest BCUT2D eigenvalue weighted by Crippen LogP contribution is -2.47. The number of piperazine rings is 1. The molecule has 1 aliphatic rings. The van der Waals surface area contributed by atoms with Gasteiger partial charge >= 0.3 is 12.1 Å². The summed E-state index contributed by atoms with van der Waals surface area (Å²) >= 11 is 0. The number of nitrogens with zero attached hydrogens (tertiary/aromatic N) is 2. The number of halogens is 3. The van der Waals surface area contributed by atoms with Crippen molar-refractivity contribution in [3.05, 3.63) is 95.1 Å². The Kier molecular flexibility index (Phi) is 14.9. The molecule has 0 radical (unpaired) electrons. The fraction of sp³-hybridized carbons (Fsp3) is 0.344. The van der Waals surface area contributed by atoms with Crippen molar-refractivity contribution >= 4 is 34.5 Å². The molecule has 1 heterocycles. The lowest BCUT2D eigenvalue weighted by atomic mass is 10.0. The minimum Gasteiger partial charge on any atom is -0.465 e. The standard InChI is InChI=1S/C12H15F3N2O2S.C11H15NO.C9H9NO3/c1-16-6-8-17(9-7-16)20(18,19)11-4-2-10(3-5-11)12(13,14)15;1-9(2)11-5-3-10(4-6-11)7-12-8-13;1-13-9(12)7-2-4-8(5-3-7)10-6-11/h2-5H,6-9H2,1H3;3-6,8-9H,7H2,1-2H3,(H,12,13);2-6H,1H3,(H,10,11). The van der Waals surface area contributed by atoms with Gasteiger partial charge in [0.05, 0.1) is 23.1 Å². The Morgan fingerprint density at radius 2 is 1.46 bits per heavy atom. The molecule has 1 aliphatic heterocycles. The van der Waals surface area contributed by atoms with Crippen LogP contribution in [-0.2, 0) is 37.1 Å². The van der Waals surface area contributed by atoms with Crippen LogP contribution >= 0.6 is 0 Å². The number of rotatable bonds is 9. The van der Waals surface area contributed by atoms with Gasteiger partial charge in [0.15, 0.2) is 0 Å². The molecule has 46 heavy (non-hydrogen) atoms. The maximum absolute atomic E-state index is 12.4. The number of sulfonamides is 1. The van der Waals surface area contributed by atoms with Crippen LogP contribution in [0.5, 0.6) is 0 Å². The summed E-state index contributed by atoms with van der Waals surface area (Å²) in [5.74, 6) is 0.172. The molecule has 0 unspecified atom stereocenters. The number of likely N-dealkylation sites (N-methyl/N-ethyl adjacent to an activating group) is 1. The minimum atomic E-state index is -4.46. The van der Waals surface area contributed by atoms with E-state index >= 15 is 0 Å². The number of benzene rings is 3. The molecule has 2 N–H and O–H groups in total. The van der Waals surface area contributed by atoms with E-state index in [0.717, 1.165) is 36.2 Å². The summed E-state index contributed by atoms with van der Waals surface area (Å²) in [6, 6.07) is 18.3. The van der Waals surface area contributed by atoms with Crippen molar-refractivity contribution in [2.24, 2.45) is 0 Å². The zero-order chi connectivity index (χ0) is 34.3. The summed E-state index contributed by atoms with van der Waals surface area (Å²) in [4.78, 5) is 33.0. The van der Waals surface area contributed by atoms with Gasteiger partial charge in [0.25, 0.3) is 0 Å². The average molecular weight is 665 g/mol. The Morgan fingerprint density at radius 3 is 1.91 bits per heavy atom. The number of esters is 1. The highest BCUT2D eigenvalue weighted by Gasteiger charge is 2.32. The number of amides is 2. The van der Waals surface area contributed by atoms with E-state index in [0.29, 0.717) is 56.3 Å². The van der Waals surface area contributed by atoms with Crippen molar-refractivity contribution in [3.63, 3.8) is 0 Å². The van der Waals surface area contributed by atoms with Crippen LogP contribution in [0.15, 0.2) is 77.7 Å². The first-order valence-corrected chi connectivity index (χ1v) is 15.7. The number of carbonyl (C=O) groups excluding carboxylic acids is 3. The molecule has 1 fully saturated rings. The van der Waals surface area contributed by atoms with E-state index in [1.165, 1.54) is 17.0 Å². The van der Waals surface area contributed by atoms with E-state index < -0.39 is 27.7 Å². The highest BCUT2D eigenvalue weighted by atomic mass is 32.2. The third kappa shape index (κ3) is 11.9. The fourth-order valence-electron chi connectivity index (χ4n) is 4.06. The van der Waals surface area contributed by atoms with E-state index in [4.69, 9.17) is 0 Å². The van der Waals surface area contributed by atoms with E-state index in [1.807, 2.05) is 24.1 Å². The maximum Gasteiger partial charge on any atom is 0.416 e. The lowest BCUT2D eigenvalue weighted by Gasteiger charge is -2.31. The van der Waals surface area contributed by atoms with Crippen LogP contribution in [0.1, 0.15) is 46.8 Å². The summed E-state index contributed by atoms with van der Waals surface area (Å²) in [6.07, 6.45) is -3.17. The van der Waals surface area contributed by atoms with Crippen molar-refractivity contribution < 1.29 is 40.7 Å². The molecule has 1 saturated heterocycles. The van der Waals surface area contributed by atoms with Gasteiger partial charge < -0.3 is 20.3 Å². The molecule has 3 aromatic carbocycles. The normalized spacial score (nSPS) is 13.7. The Labute approximate surface area is 267 Å². The average Bonchev–Trinajstić information content (AvgIpc) is 3.04. The Hall–Kier alpha value is -4.27. The molecule has 0 saturated carbocycles. The van der Waals surface area contributed by atoms with Gasteiger partial charge in [-0.2, -0.15) is 17.5 Å². The third-order valence-corrected chi connectivity index (χ3v) is 8.76. The monoisotopic (exact) mass is 664 g/mol. The molecule has 2 amide bonds. The third-order valence-electron chi connectivity index (χ3n) is 6.85. The molecule has 250 valence electrons. The summed E-state index contributed by atoms with van der Waals surface area (Å²) in [5.41, 5.74) is 2.71. The molecular weight excluding hydrogens is 625 g/mol. The predicted octanol–water partition coefficient (Wildman–Crippen LogP) is 4.74. The second-order valence-corrected chi connectivity index (χ2v) is 12.4. The lowest BCUT2D eigenvalue weighted by molar-refractivity contribution is -0.137. The second kappa shape index (κ2) is 18.0. The number of nitrogens with one attached hydrogen (secondary N) is 2. The van der Waals surface area contributed by atoms with Crippen LogP contribution in [0.25, 0.3) is 0 Å². The van der Waals surface area contributed by atoms with Crippen molar-refractivity contribution in [1.82, 2.24) is 14.5 Å². The first-order valence-electron chi connectivity index (χ1n) is 14.2. The van der Waals surface area contributed by atoms with Gasteiger partial charge in [-0.1, -0.05) is 38.1 Å². The Bertz CT molecular complexity index is 1490. The largest absolute Gasteiger partial charge is 0.465 e. The van der Waals surface area contributed by atoms with Gasteiger partial charge in [0.2, 0.25) is 22.8 Å². The molecule has 0 bridgehead atoms. The molecule has 4 rings (SSSR count). The van der Waals surface area contributed by atoms with Gasteiger partial charge in [0.1, 0.15) is 0 Å². The molecule has 14 heteroatoms. The van der Waals surface area contributed by atoms with Crippen molar-refractivity contribution in [3.8, 4) is 0 Å². The van der Waals surface area contributed by atoms with Crippen molar-refractivity contribution in [2.45, 2.75) is 37.4 Å².